The molecule has 2 nitrogen and oxygen atoms in total. The Bertz CT molecular complexity index is 297. The Hall–Kier alpha value is -1.25. The molecule has 0 unspecified atom stereocenters. The SMILES string of the molecule is Nc1ccc(OC2CC2)cc1F. The van der Waals surface area contributed by atoms with E-state index in [1.807, 2.05) is 0 Å². The summed E-state index contributed by atoms with van der Waals surface area (Å²) in [5, 5.41) is 0. The van der Waals surface area contributed by atoms with E-state index in [4.69, 9.17) is 10.5 Å². The van der Waals surface area contributed by atoms with Crippen LogP contribution < -0.4 is 10.5 Å². The quantitative estimate of drug-likeness (QED) is 0.683. The van der Waals surface area contributed by atoms with Crippen molar-refractivity contribution >= 4 is 5.69 Å². The molecule has 2 N–H and O–H groups in total. The molecule has 1 aliphatic carbocycles. The molecule has 2 rings (SSSR count). The van der Waals surface area contributed by atoms with Crippen molar-refractivity contribution in [1.82, 2.24) is 0 Å². The zero-order valence-corrected chi connectivity index (χ0v) is 6.59. The second-order valence-electron chi connectivity index (χ2n) is 3.00. The van der Waals surface area contributed by atoms with Crippen LogP contribution in [0.15, 0.2) is 18.2 Å². The van der Waals surface area contributed by atoms with Gasteiger partial charge in [-0.1, -0.05) is 0 Å². The summed E-state index contributed by atoms with van der Waals surface area (Å²) in [6.07, 6.45) is 2.45. The predicted molar refractivity (Wildman–Crippen MR) is 44.5 cm³/mol. The summed E-state index contributed by atoms with van der Waals surface area (Å²) in [5.41, 5.74) is 5.47. The minimum Gasteiger partial charge on any atom is -0.490 e. The summed E-state index contributed by atoms with van der Waals surface area (Å²) in [5.74, 6) is 0.164. The maximum Gasteiger partial charge on any atom is 0.149 e. The van der Waals surface area contributed by atoms with Crippen LogP contribution in [-0.2, 0) is 0 Å². The average molecular weight is 167 g/mol. The Balaban J connectivity index is 2.15. The maximum atomic E-state index is 12.8. The lowest BCUT2D eigenvalue weighted by molar-refractivity contribution is 0.302. The molecule has 0 spiro atoms. The Labute approximate surface area is 70.1 Å². The van der Waals surface area contributed by atoms with E-state index >= 15 is 0 Å². The van der Waals surface area contributed by atoms with Crippen molar-refractivity contribution in [2.75, 3.05) is 5.73 Å². The van der Waals surface area contributed by atoms with Crippen LogP contribution in [0.25, 0.3) is 0 Å². The van der Waals surface area contributed by atoms with Crippen LogP contribution in [0.4, 0.5) is 10.1 Å². The lowest BCUT2D eigenvalue weighted by Crippen LogP contribution is -1.97. The molecule has 1 fully saturated rings. The molecule has 0 radical (unpaired) electrons. The highest BCUT2D eigenvalue weighted by molar-refractivity contribution is 5.43. The van der Waals surface area contributed by atoms with Crippen molar-refractivity contribution in [3.8, 4) is 5.75 Å². The molecule has 0 bridgehead atoms. The normalized spacial score (nSPS) is 16.1. The number of hydrogen-bond donors (Lipinski definition) is 1. The van der Waals surface area contributed by atoms with E-state index in [1.165, 1.54) is 12.1 Å². The van der Waals surface area contributed by atoms with Crippen LogP contribution in [0.1, 0.15) is 12.8 Å². The van der Waals surface area contributed by atoms with Gasteiger partial charge in [0.2, 0.25) is 0 Å². The topological polar surface area (TPSA) is 35.2 Å². The van der Waals surface area contributed by atoms with Gasteiger partial charge in [-0.25, -0.2) is 4.39 Å². The summed E-state index contributed by atoms with van der Waals surface area (Å²) in [4.78, 5) is 0. The third kappa shape index (κ3) is 1.49. The first-order chi connectivity index (χ1) is 5.75. The number of rotatable bonds is 2. The first-order valence-electron chi connectivity index (χ1n) is 3.97. The van der Waals surface area contributed by atoms with Crippen molar-refractivity contribution in [2.24, 2.45) is 0 Å². The van der Waals surface area contributed by atoms with Crippen LogP contribution in [0.3, 0.4) is 0 Å². The van der Waals surface area contributed by atoms with Crippen molar-refractivity contribution in [3.63, 3.8) is 0 Å². The second-order valence-corrected chi connectivity index (χ2v) is 3.00. The standard InChI is InChI=1S/C9H10FNO/c10-8-5-7(3-4-9(8)11)12-6-1-2-6/h3-6H,1-2,11H2. The molecule has 12 heavy (non-hydrogen) atoms. The van der Waals surface area contributed by atoms with E-state index in [9.17, 15) is 4.39 Å². The highest BCUT2D eigenvalue weighted by atomic mass is 19.1. The first-order valence-corrected chi connectivity index (χ1v) is 3.97. The Kier molecular flexibility index (Phi) is 1.64. The largest absolute Gasteiger partial charge is 0.490 e. The third-order valence-electron chi connectivity index (χ3n) is 1.80. The lowest BCUT2D eigenvalue weighted by atomic mass is 10.3. The van der Waals surface area contributed by atoms with Crippen LogP contribution in [0.2, 0.25) is 0 Å². The maximum absolute atomic E-state index is 12.8. The molecule has 1 aromatic rings. The van der Waals surface area contributed by atoms with Crippen molar-refractivity contribution in [2.45, 2.75) is 18.9 Å². The first kappa shape index (κ1) is 7.40. The van der Waals surface area contributed by atoms with Gasteiger partial charge in [0.05, 0.1) is 11.8 Å². The summed E-state index contributed by atoms with van der Waals surface area (Å²) in [6.45, 7) is 0. The fraction of sp³-hybridized carbons (Fsp3) is 0.333. The summed E-state index contributed by atoms with van der Waals surface area (Å²) in [6, 6.07) is 4.54. The van der Waals surface area contributed by atoms with E-state index in [2.05, 4.69) is 0 Å². The van der Waals surface area contributed by atoms with Gasteiger partial charge in [0.25, 0.3) is 0 Å². The van der Waals surface area contributed by atoms with Gasteiger partial charge in [-0.15, -0.1) is 0 Å². The van der Waals surface area contributed by atoms with Crippen LogP contribution in [0, 0.1) is 5.82 Å². The summed E-state index contributed by atoms with van der Waals surface area (Å²) >= 11 is 0. The van der Waals surface area contributed by atoms with Crippen molar-refractivity contribution in [1.29, 1.82) is 0 Å². The highest BCUT2D eigenvalue weighted by Gasteiger charge is 2.23. The monoisotopic (exact) mass is 167 g/mol. The second kappa shape index (κ2) is 2.66. The molecule has 0 amide bonds. The van der Waals surface area contributed by atoms with Gasteiger partial charge < -0.3 is 10.5 Å². The van der Waals surface area contributed by atoms with Crippen LogP contribution >= 0.6 is 0 Å². The molecule has 3 heteroatoms. The number of nitrogen functional groups attached to an aromatic ring is 1. The van der Waals surface area contributed by atoms with E-state index in [1.54, 1.807) is 6.07 Å². The van der Waals surface area contributed by atoms with Gasteiger partial charge in [-0.05, 0) is 25.0 Å². The summed E-state index contributed by atoms with van der Waals surface area (Å²) in [7, 11) is 0. The molecule has 1 saturated carbocycles. The zero-order valence-electron chi connectivity index (χ0n) is 6.59. The van der Waals surface area contributed by atoms with Gasteiger partial charge in [0.15, 0.2) is 0 Å². The fourth-order valence-corrected chi connectivity index (χ4v) is 0.960. The van der Waals surface area contributed by atoms with E-state index < -0.39 is 5.82 Å². The molecule has 0 heterocycles. The third-order valence-corrected chi connectivity index (χ3v) is 1.80. The van der Waals surface area contributed by atoms with Crippen LogP contribution in [-0.4, -0.2) is 6.10 Å². The number of ether oxygens (including phenoxy) is 1. The number of benzene rings is 1. The number of nitrogens with two attached hydrogens (primary N) is 1. The van der Waals surface area contributed by atoms with Gasteiger partial charge >= 0.3 is 0 Å². The van der Waals surface area contributed by atoms with Gasteiger partial charge in [0, 0.05) is 6.07 Å². The fourth-order valence-electron chi connectivity index (χ4n) is 0.960. The predicted octanol–water partition coefficient (Wildman–Crippen LogP) is 1.95. The van der Waals surface area contributed by atoms with E-state index in [0.29, 0.717) is 11.9 Å². The molecule has 0 atom stereocenters. The van der Waals surface area contributed by atoms with Gasteiger partial charge in [-0.2, -0.15) is 0 Å². The molecule has 0 saturated heterocycles. The molecule has 0 aliphatic heterocycles. The Morgan fingerprint density at radius 3 is 2.75 bits per heavy atom. The Morgan fingerprint density at radius 2 is 2.17 bits per heavy atom. The van der Waals surface area contributed by atoms with E-state index in [-0.39, 0.29) is 5.69 Å². The number of halogens is 1. The number of hydrogen-bond acceptors (Lipinski definition) is 2. The van der Waals surface area contributed by atoms with Crippen molar-refractivity contribution < 1.29 is 9.13 Å². The minimum absolute atomic E-state index is 0.165. The molecule has 0 aromatic heterocycles. The van der Waals surface area contributed by atoms with Crippen LogP contribution in [0.5, 0.6) is 5.75 Å². The Morgan fingerprint density at radius 1 is 1.42 bits per heavy atom. The molecule has 1 aliphatic rings. The smallest absolute Gasteiger partial charge is 0.149 e. The zero-order chi connectivity index (χ0) is 8.55. The minimum atomic E-state index is -0.409. The molecular weight excluding hydrogens is 157 g/mol. The van der Waals surface area contributed by atoms with Gasteiger partial charge in [-0.3, -0.25) is 0 Å². The molecule has 1 aromatic carbocycles. The molecule has 64 valence electrons. The van der Waals surface area contributed by atoms with Gasteiger partial charge in [0.1, 0.15) is 11.6 Å². The lowest BCUT2D eigenvalue weighted by Gasteiger charge is -2.04. The van der Waals surface area contributed by atoms with E-state index in [0.717, 1.165) is 12.8 Å². The average Bonchev–Trinajstić information content (AvgIpc) is 2.81. The highest BCUT2D eigenvalue weighted by Crippen LogP contribution is 2.27. The summed E-state index contributed by atoms with van der Waals surface area (Å²) < 4.78 is 18.2. The van der Waals surface area contributed by atoms with Crippen molar-refractivity contribution in [3.05, 3.63) is 24.0 Å². The molecular formula is C9H10FNO. The number of anilines is 1.